The lowest BCUT2D eigenvalue weighted by atomic mass is 10.1. The zero-order valence-corrected chi connectivity index (χ0v) is 21.2. The molecule has 0 unspecified atom stereocenters. The SMILES string of the molecule is COc1ccc(OC)c(CCNC(=S)N2CCCN(Cc3ccc(S(C)(=O)=O)cc3)CC2)c1. The maximum absolute atomic E-state index is 11.7. The van der Waals surface area contributed by atoms with Gasteiger partial charge < -0.3 is 19.7 Å². The van der Waals surface area contributed by atoms with E-state index in [4.69, 9.17) is 21.7 Å². The molecule has 3 rings (SSSR count). The van der Waals surface area contributed by atoms with Gasteiger partial charge in [-0.1, -0.05) is 12.1 Å². The number of sulfone groups is 1. The normalized spacial score (nSPS) is 15.1. The summed E-state index contributed by atoms with van der Waals surface area (Å²) in [7, 11) is 0.169. The van der Waals surface area contributed by atoms with Crippen LogP contribution < -0.4 is 14.8 Å². The molecule has 1 N–H and O–H groups in total. The van der Waals surface area contributed by atoms with Crippen LogP contribution in [0.5, 0.6) is 11.5 Å². The molecule has 0 amide bonds. The number of hydrogen-bond donors (Lipinski definition) is 1. The molecule has 0 aliphatic carbocycles. The fraction of sp³-hybridized carbons (Fsp3) is 0.458. The first-order chi connectivity index (χ1) is 15.8. The van der Waals surface area contributed by atoms with E-state index in [1.807, 2.05) is 30.3 Å². The summed E-state index contributed by atoms with van der Waals surface area (Å²) in [5, 5.41) is 4.16. The van der Waals surface area contributed by atoms with Crippen LogP contribution in [0, 0.1) is 0 Å². The van der Waals surface area contributed by atoms with Gasteiger partial charge in [-0.2, -0.15) is 0 Å². The minimum Gasteiger partial charge on any atom is -0.497 e. The van der Waals surface area contributed by atoms with Gasteiger partial charge in [0.05, 0.1) is 19.1 Å². The molecule has 1 saturated heterocycles. The summed E-state index contributed by atoms with van der Waals surface area (Å²) in [4.78, 5) is 4.97. The zero-order chi connectivity index (χ0) is 23.8. The van der Waals surface area contributed by atoms with Crippen LogP contribution >= 0.6 is 12.2 Å². The van der Waals surface area contributed by atoms with E-state index >= 15 is 0 Å². The van der Waals surface area contributed by atoms with Crippen molar-refractivity contribution in [2.75, 3.05) is 53.2 Å². The van der Waals surface area contributed by atoms with E-state index in [1.165, 1.54) is 6.26 Å². The molecule has 9 heteroatoms. The van der Waals surface area contributed by atoms with E-state index in [1.54, 1.807) is 26.4 Å². The van der Waals surface area contributed by atoms with Gasteiger partial charge in [0.25, 0.3) is 0 Å². The molecule has 1 fully saturated rings. The van der Waals surface area contributed by atoms with E-state index in [0.29, 0.717) is 4.90 Å². The van der Waals surface area contributed by atoms with Crippen molar-refractivity contribution in [1.29, 1.82) is 0 Å². The van der Waals surface area contributed by atoms with E-state index in [2.05, 4.69) is 15.1 Å². The Morgan fingerprint density at radius 2 is 1.79 bits per heavy atom. The van der Waals surface area contributed by atoms with Crippen LogP contribution in [-0.2, 0) is 22.8 Å². The number of ether oxygens (including phenoxy) is 2. The molecule has 7 nitrogen and oxygen atoms in total. The minimum atomic E-state index is -3.16. The second-order valence-corrected chi connectivity index (χ2v) is 10.6. The Kier molecular flexibility index (Phi) is 8.94. The molecule has 0 spiro atoms. The Bertz CT molecular complexity index is 1040. The van der Waals surface area contributed by atoms with Gasteiger partial charge in [-0.05, 0) is 66.5 Å². The number of hydrogen-bond acceptors (Lipinski definition) is 6. The molecule has 0 bridgehead atoms. The van der Waals surface area contributed by atoms with Crippen LogP contribution in [0.2, 0.25) is 0 Å². The number of thiocarbonyl (C=S) groups is 1. The topological polar surface area (TPSA) is 71.1 Å². The van der Waals surface area contributed by atoms with Crippen molar-refractivity contribution in [2.45, 2.75) is 24.3 Å². The van der Waals surface area contributed by atoms with Crippen LogP contribution in [0.3, 0.4) is 0 Å². The molecular formula is C24H33N3O4S2. The number of nitrogens with one attached hydrogen (secondary N) is 1. The molecule has 0 saturated carbocycles. The third kappa shape index (κ3) is 7.31. The van der Waals surface area contributed by atoms with Gasteiger partial charge in [0, 0.05) is 45.5 Å². The zero-order valence-electron chi connectivity index (χ0n) is 19.5. The maximum Gasteiger partial charge on any atom is 0.175 e. The minimum absolute atomic E-state index is 0.358. The highest BCUT2D eigenvalue weighted by atomic mass is 32.2. The summed E-state index contributed by atoms with van der Waals surface area (Å²) in [5.41, 5.74) is 2.19. The predicted octanol–water partition coefficient (Wildman–Crippen LogP) is 2.73. The molecule has 2 aromatic carbocycles. The smallest absolute Gasteiger partial charge is 0.175 e. The summed E-state index contributed by atoms with van der Waals surface area (Å²) in [5.74, 6) is 1.66. The second kappa shape index (κ2) is 11.7. The first kappa shape index (κ1) is 25.3. The van der Waals surface area contributed by atoms with Crippen LogP contribution in [0.15, 0.2) is 47.4 Å². The van der Waals surface area contributed by atoms with Crippen molar-refractivity contribution in [1.82, 2.24) is 15.1 Å². The standard InChI is InChI=1S/C24H33N3O4S2/c1-30-21-7-10-23(31-2)20(17-21)11-12-25-24(32)27-14-4-13-26(15-16-27)18-19-5-8-22(9-6-19)33(3,28)29/h5-10,17H,4,11-16,18H2,1-3H3,(H,25,32). The third-order valence-corrected chi connectivity index (χ3v) is 7.32. The second-order valence-electron chi connectivity index (χ2n) is 8.19. The first-order valence-corrected chi connectivity index (χ1v) is 13.3. The van der Waals surface area contributed by atoms with Crippen molar-refractivity contribution in [2.24, 2.45) is 0 Å². The summed E-state index contributed by atoms with van der Waals surface area (Å²) < 4.78 is 34.1. The molecule has 33 heavy (non-hydrogen) atoms. The highest BCUT2D eigenvalue weighted by Crippen LogP contribution is 2.24. The van der Waals surface area contributed by atoms with Gasteiger partial charge in [0.2, 0.25) is 0 Å². The van der Waals surface area contributed by atoms with Gasteiger partial charge in [0.1, 0.15) is 11.5 Å². The lowest BCUT2D eigenvalue weighted by Gasteiger charge is -2.25. The van der Waals surface area contributed by atoms with Crippen molar-refractivity contribution >= 4 is 27.2 Å². The molecule has 0 atom stereocenters. The number of methoxy groups -OCH3 is 2. The lowest BCUT2D eigenvalue weighted by Crippen LogP contribution is -2.42. The summed E-state index contributed by atoms with van der Waals surface area (Å²) in [6.07, 6.45) is 3.03. The molecule has 0 radical (unpaired) electrons. The number of rotatable bonds is 8. The number of benzene rings is 2. The molecule has 0 aromatic heterocycles. The largest absolute Gasteiger partial charge is 0.497 e. The van der Waals surface area contributed by atoms with E-state index in [-0.39, 0.29) is 0 Å². The Balaban J connectivity index is 1.48. The Hall–Kier alpha value is -2.36. The van der Waals surface area contributed by atoms with E-state index < -0.39 is 9.84 Å². The average molecular weight is 492 g/mol. The molecule has 1 aliphatic rings. The molecule has 1 heterocycles. The average Bonchev–Trinajstić information content (AvgIpc) is 3.04. The van der Waals surface area contributed by atoms with E-state index in [9.17, 15) is 8.42 Å². The van der Waals surface area contributed by atoms with Crippen molar-refractivity contribution in [3.05, 3.63) is 53.6 Å². The van der Waals surface area contributed by atoms with Gasteiger partial charge in [-0.25, -0.2) is 8.42 Å². The predicted molar refractivity (Wildman–Crippen MR) is 135 cm³/mol. The molecular weight excluding hydrogens is 458 g/mol. The van der Waals surface area contributed by atoms with Gasteiger partial charge >= 0.3 is 0 Å². The van der Waals surface area contributed by atoms with Crippen LogP contribution in [0.25, 0.3) is 0 Å². The monoisotopic (exact) mass is 491 g/mol. The Morgan fingerprint density at radius 3 is 2.45 bits per heavy atom. The van der Waals surface area contributed by atoms with Crippen molar-refractivity contribution in [3.63, 3.8) is 0 Å². The fourth-order valence-electron chi connectivity index (χ4n) is 3.93. The summed E-state index contributed by atoms with van der Waals surface area (Å²) >= 11 is 5.66. The van der Waals surface area contributed by atoms with Crippen molar-refractivity contribution in [3.8, 4) is 11.5 Å². The Labute approximate surface area is 202 Å². The maximum atomic E-state index is 11.7. The van der Waals surface area contributed by atoms with Crippen molar-refractivity contribution < 1.29 is 17.9 Å². The van der Waals surface area contributed by atoms with Crippen LogP contribution in [-0.4, -0.2) is 76.5 Å². The summed E-state index contributed by atoms with van der Waals surface area (Å²) in [6, 6.07) is 13.0. The fourth-order valence-corrected chi connectivity index (χ4v) is 4.84. The molecule has 1 aliphatic heterocycles. The highest BCUT2D eigenvalue weighted by Gasteiger charge is 2.17. The van der Waals surface area contributed by atoms with E-state index in [0.717, 1.165) is 79.8 Å². The van der Waals surface area contributed by atoms with Gasteiger partial charge in [0.15, 0.2) is 14.9 Å². The summed E-state index contributed by atoms with van der Waals surface area (Å²) in [6.45, 7) is 5.17. The molecule has 2 aromatic rings. The lowest BCUT2D eigenvalue weighted by molar-refractivity contribution is 0.277. The van der Waals surface area contributed by atoms with Gasteiger partial charge in [-0.15, -0.1) is 0 Å². The van der Waals surface area contributed by atoms with Crippen LogP contribution in [0.1, 0.15) is 17.5 Å². The first-order valence-electron chi connectivity index (χ1n) is 11.0. The van der Waals surface area contributed by atoms with Crippen LogP contribution in [0.4, 0.5) is 0 Å². The highest BCUT2D eigenvalue weighted by molar-refractivity contribution is 7.90. The molecule has 180 valence electrons. The number of nitrogens with zero attached hydrogens (tertiary/aromatic N) is 2. The van der Waals surface area contributed by atoms with Gasteiger partial charge in [-0.3, -0.25) is 4.90 Å². The quantitative estimate of drug-likeness (QED) is 0.566. The third-order valence-electron chi connectivity index (χ3n) is 5.79. The Morgan fingerprint density at radius 1 is 1.03 bits per heavy atom.